The fourth-order valence-electron chi connectivity index (χ4n) is 9.36. The van der Waals surface area contributed by atoms with Crippen molar-refractivity contribution in [3.05, 3.63) is 231 Å². The molecule has 12 aromatic rings. The first kappa shape index (κ1) is 35.7. The van der Waals surface area contributed by atoms with Gasteiger partial charge in [0.15, 0.2) is 5.65 Å². The van der Waals surface area contributed by atoms with Crippen molar-refractivity contribution in [3.63, 3.8) is 0 Å². The molecular formula is C60H38N2. The van der Waals surface area contributed by atoms with Gasteiger partial charge in [-0.3, -0.25) is 0 Å². The van der Waals surface area contributed by atoms with E-state index in [4.69, 9.17) is 9.97 Å². The van der Waals surface area contributed by atoms with Crippen LogP contribution in [0, 0.1) is 0 Å². The van der Waals surface area contributed by atoms with E-state index < -0.39 is 0 Å². The molecule has 0 unspecified atom stereocenters. The Kier molecular flexibility index (Phi) is 8.53. The maximum atomic E-state index is 5.34. The van der Waals surface area contributed by atoms with Crippen molar-refractivity contribution >= 4 is 54.1 Å². The Morgan fingerprint density at radius 2 is 0.565 bits per heavy atom. The lowest BCUT2D eigenvalue weighted by Crippen LogP contribution is -1.93. The lowest BCUT2D eigenvalue weighted by Gasteiger charge is -2.15. The number of rotatable bonds is 6. The second-order valence-electron chi connectivity index (χ2n) is 16.2. The van der Waals surface area contributed by atoms with Gasteiger partial charge in [-0.15, -0.1) is 0 Å². The van der Waals surface area contributed by atoms with Gasteiger partial charge in [0.1, 0.15) is 0 Å². The number of aromatic nitrogens is 2. The fourth-order valence-corrected chi connectivity index (χ4v) is 9.36. The van der Waals surface area contributed by atoms with Gasteiger partial charge in [0.05, 0.1) is 11.4 Å². The topological polar surface area (TPSA) is 25.8 Å². The van der Waals surface area contributed by atoms with Crippen molar-refractivity contribution in [1.29, 1.82) is 0 Å². The van der Waals surface area contributed by atoms with E-state index in [0.29, 0.717) is 5.65 Å². The predicted molar refractivity (Wildman–Crippen MR) is 262 cm³/mol. The Hall–Kier alpha value is -8.20. The average molecular weight is 787 g/mol. The van der Waals surface area contributed by atoms with Crippen molar-refractivity contribution in [3.8, 4) is 67.0 Å². The van der Waals surface area contributed by atoms with E-state index in [0.717, 1.165) is 61.3 Å². The van der Waals surface area contributed by atoms with Crippen molar-refractivity contribution in [1.82, 2.24) is 9.97 Å². The van der Waals surface area contributed by atoms with Crippen LogP contribution < -0.4 is 0 Å². The standard InChI is InChI=1S/C60H38N2/c1-3-15-39(16-4-1)44-31-46(56-37-42-19-7-9-21-50(42)52-23-11-13-25-54(52)56)35-48(33-44)58-29-27-41-28-30-59(62-60(41)61-58)49-34-45(40-17-5-2-6-18-40)32-47(36-49)57-38-43-20-8-10-22-51(43)53-24-12-14-26-55(53)57/h1-38H. The molecule has 0 radical (unpaired) electrons. The second-order valence-corrected chi connectivity index (χ2v) is 16.2. The predicted octanol–water partition coefficient (Wildman–Crippen LogP) is 16.2. The average Bonchev–Trinajstić information content (AvgIpc) is 3.35. The SMILES string of the molecule is c1ccc(-c2cc(-c3ccc4ccc(-c5cc(-c6ccccc6)cc(-c6cc7ccccc7c7ccccc67)c5)nc4n3)cc(-c3cc4ccccc4c4ccccc34)c2)cc1. The summed E-state index contributed by atoms with van der Waals surface area (Å²) in [5, 5.41) is 10.9. The Morgan fingerprint density at radius 3 is 1.02 bits per heavy atom. The molecular weight excluding hydrogens is 749 g/mol. The third kappa shape index (κ3) is 6.29. The molecule has 0 amide bonds. The molecule has 62 heavy (non-hydrogen) atoms. The minimum absolute atomic E-state index is 0.714. The van der Waals surface area contributed by atoms with Gasteiger partial charge in [0, 0.05) is 16.5 Å². The summed E-state index contributed by atoms with van der Waals surface area (Å²) in [7, 11) is 0. The molecule has 0 N–H and O–H groups in total. The zero-order valence-corrected chi connectivity index (χ0v) is 33.8. The van der Waals surface area contributed by atoms with Crippen LogP contribution in [0.1, 0.15) is 0 Å². The Bertz CT molecular complexity index is 3440. The highest BCUT2D eigenvalue weighted by Gasteiger charge is 2.16. The molecule has 0 aliphatic heterocycles. The number of fused-ring (bicyclic) bond motifs is 7. The minimum Gasteiger partial charge on any atom is -0.228 e. The normalized spacial score (nSPS) is 11.5. The van der Waals surface area contributed by atoms with Crippen LogP contribution in [0.4, 0.5) is 0 Å². The molecule has 2 heterocycles. The molecule has 0 atom stereocenters. The number of hydrogen-bond donors (Lipinski definition) is 0. The zero-order valence-electron chi connectivity index (χ0n) is 33.8. The largest absolute Gasteiger partial charge is 0.228 e. The van der Waals surface area contributed by atoms with Crippen LogP contribution in [0.2, 0.25) is 0 Å². The third-order valence-corrected chi connectivity index (χ3v) is 12.4. The van der Waals surface area contributed by atoms with Gasteiger partial charge in [0.2, 0.25) is 0 Å². The third-order valence-electron chi connectivity index (χ3n) is 12.4. The van der Waals surface area contributed by atoms with Gasteiger partial charge in [-0.1, -0.05) is 158 Å². The number of pyridine rings is 2. The molecule has 2 heteroatoms. The fraction of sp³-hybridized carbons (Fsp3) is 0. The maximum absolute atomic E-state index is 5.34. The molecule has 2 aromatic heterocycles. The molecule has 0 fully saturated rings. The quantitative estimate of drug-likeness (QED) is 0.157. The monoisotopic (exact) mass is 786 g/mol. The van der Waals surface area contributed by atoms with Crippen LogP contribution in [0.5, 0.6) is 0 Å². The van der Waals surface area contributed by atoms with E-state index in [1.54, 1.807) is 0 Å². The summed E-state index contributed by atoms with van der Waals surface area (Å²) in [6.07, 6.45) is 0. The molecule has 0 aliphatic carbocycles. The highest BCUT2D eigenvalue weighted by Crippen LogP contribution is 2.41. The van der Waals surface area contributed by atoms with Crippen molar-refractivity contribution in [2.75, 3.05) is 0 Å². The summed E-state index contributed by atoms with van der Waals surface area (Å²) < 4.78 is 0. The lowest BCUT2D eigenvalue weighted by atomic mass is 9.90. The molecule has 0 saturated carbocycles. The van der Waals surface area contributed by atoms with Gasteiger partial charge in [-0.25, -0.2) is 9.97 Å². The van der Waals surface area contributed by atoms with Crippen LogP contribution in [0.15, 0.2) is 231 Å². The highest BCUT2D eigenvalue weighted by molar-refractivity contribution is 6.15. The smallest absolute Gasteiger partial charge is 0.160 e. The summed E-state index contributed by atoms with van der Waals surface area (Å²) in [6.45, 7) is 0. The van der Waals surface area contributed by atoms with Gasteiger partial charge in [-0.05, 0) is 160 Å². The molecule has 12 rings (SSSR count). The molecule has 0 saturated heterocycles. The van der Waals surface area contributed by atoms with E-state index in [2.05, 4.69) is 231 Å². The summed E-state index contributed by atoms with van der Waals surface area (Å²) >= 11 is 0. The Morgan fingerprint density at radius 1 is 0.210 bits per heavy atom. The lowest BCUT2D eigenvalue weighted by molar-refractivity contribution is 1.29. The second kappa shape index (κ2) is 14.8. The first-order valence-electron chi connectivity index (χ1n) is 21.2. The molecule has 2 nitrogen and oxygen atoms in total. The van der Waals surface area contributed by atoms with Crippen molar-refractivity contribution in [2.24, 2.45) is 0 Å². The number of benzene rings is 10. The number of nitrogens with zero attached hydrogens (tertiary/aromatic N) is 2. The van der Waals surface area contributed by atoms with Crippen molar-refractivity contribution in [2.45, 2.75) is 0 Å². The van der Waals surface area contributed by atoms with E-state index in [-0.39, 0.29) is 0 Å². The first-order valence-corrected chi connectivity index (χ1v) is 21.2. The minimum atomic E-state index is 0.714. The van der Waals surface area contributed by atoms with E-state index >= 15 is 0 Å². The zero-order chi connectivity index (χ0) is 41.0. The van der Waals surface area contributed by atoms with Crippen LogP contribution in [0.25, 0.3) is 121 Å². The summed E-state index contributed by atoms with van der Waals surface area (Å²) in [6, 6.07) is 83.2. The molecule has 288 valence electrons. The van der Waals surface area contributed by atoms with Gasteiger partial charge in [0.25, 0.3) is 0 Å². The number of hydrogen-bond acceptors (Lipinski definition) is 2. The van der Waals surface area contributed by atoms with Crippen LogP contribution in [-0.4, -0.2) is 9.97 Å². The summed E-state index contributed by atoms with van der Waals surface area (Å²) in [5.41, 5.74) is 13.9. The Labute approximate surface area is 360 Å². The van der Waals surface area contributed by atoms with Crippen LogP contribution in [-0.2, 0) is 0 Å². The molecule has 0 bridgehead atoms. The highest BCUT2D eigenvalue weighted by atomic mass is 14.9. The van der Waals surface area contributed by atoms with Crippen LogP contribution >= 0.6 is 0 Å². The summed E-state index contributed by atoms with van der Waals surface area (Å²) in [4.78, 5) is 10.7. The van der Waals surface area contributed by atoms with Gasteiger partial charge >= 0.3 is 0 Å². The first-order chi connectivity index (χ1) is 30.7. The van der Waals surface area contributed by atoms with Gasteiger partial charge < -0.3 is 0 Å². The van der Waals surface area contributed by atoms with Crippen LogP contribution in [0.3, 0.4) is 0 Å². The Balaban J connectivity index is 1.03. The molecule has 0 spiro atoms. The maximum Gasteiger partial charge on any atom is 0.160 e. The van der Waals surface area contributed by atoms with E-state index in [1.165, 1.54) is 54.2 Å². The van der Waals surface area contributed by atoms with E-state index in [9.17, 15) is 0 Å². The summed E-state index contributed by atoms with van der Waals surface area (Å²) in [5.74, 6) is 0. The molecule has 10 aromatic carbocycles. The van der Waals surface area contributed by atoms with Gasteiger partial charge in [-0.2, -0.15) is 0 Å². The van der Waals surface area contributed by atoms with Crippen molar-refractivity contribution < 1.29 is 0 Å². The molecule has 0 aliphatic rings. The van der Waals surface area contributed by atoms with E-state index in [1.807, 2.05) is 0 Å².